The fraction of sp³-hybridized carbons (Fsp3) is 0.571. The van der Waals surface area contributed by atoms with Crippen LogP contribution in [-0.4, -0.2) is 76.1 Å². The first-order valence-electron chi connectivity index (χ1n) is 13.4. The lowest BCUT2D eigenvalue weighted by atomic mass is 9.94. The summed E-state index contributed by atoms with van der Waals surface area (Å²) in [6.45, 7) is 7.25. The van der Waals surface area contributed by atoms with Gasteiger partial charge in [-0.2, -0.15) is 0 Å². The molecule has 2 aromatic rings. The molecule has 2 N–H and O–H groups in total. The van der Waals surface area contributed by atoms with Crippen molar-refractivity contribution >= 4 is 11.8 Å². The molecular weight excluding hydrogens is 473 g/mol. The number of carbonyl (C=O) groups excluding carboxylic acids is 2. The summed E-state index contributed by atoms with van der Waals surface area (Å²) in [6, 6.07) is 6.59. The minimum atomic E-state index is -1.08. The lowest BCUT2D eigenvalue weighted by Crippen LogP contribution is -2.44. The van der Waals surface area contributed by atoms with Gasteiger partial charge in [0.25, 0.3) is 5.91 Å². The normalized spacial score (nSPS) is 19.2. The first-order chi connectivity index (χ1) is 17.8. The highest BCUT2D eigenvalue weighted by Gasteiger charge is 2.33. The van der Waals surface area contributed by atoms with E-state index in [1.165, 1.54) is 0 Å². The second kappa shape index (κ2) is 12.0. The van der Waals surface area contributed by atoms with E-state index >= 15 is 0 Å². The van der Waals surface area contributed by atoms with E-state index in [9.17, 15) is 14.0 Å². The number of piperidine rings is 1. The van der Waals surface area contributed by atoms with Gasteiger partial charge in [0.1, 0.15) is 11.7 Å². The maximum absolute atomic E-state index is 14.7. The maximum Gasteiger partial charge on any atom is 0.254 e. The van der Waals surface area contributed by atoms with E-state index in [1.54, 1.807) is 29.4 Å². The Hall–Kier alpha value is -3.07. The summed E-state index contributed by atoms with van der Waals surface area (Å²) in [5.74, 6) is 0.250. The lowest BCUT2D eigenvalue weighted by Gasteiger charge is -2.36. The van der Waals surface area contributed by atoms with Gasteiger partial charge >= 0.3 is 0 Å². The molecule has 8 nitrogen and oxygen atoms in total. The summed E-state index contributed by atoms with van der Waals surface area (Å²) in [7, 11) is 0. The topological polar surface area (TPSA) is 102 Å². The Morgan fingerprint density at radius 2 is 1.76 bits per heavy atom. The molecule has 1 atom stereocenters. The van der Waals surface area contributed by atoms with Crippen LogP contribution in [0.5, 0.6) is 5.88 Å². The molecule has 1 aromatic carbocycles. The second-order valence-electron chi connectivity index (χ2n) is 10.3. The van der Waals surface area contributed by atoms with Gasteiger partial charge in [-0.25, -0.2) is 14.4 Å². The molecule has 0 bridgehead atoms. The zero-order valence-electron chi connectivity index (χ0n) is 21.9. The number of primary amides is 1. The van der Waals surface area contributed by atoms with E-state index in [4.69, 9.17) is 10.5 Å². The molecule has 0 spiro atoms. The van der Waals surface area contributed by atoms with Crippen molar-refractivity contribution < 1.29 is 18.7 Å². The number of ether oxygens (including phenoxy) is 1. The molecule has 2 saturated heterocycles. The average Bonchev–Trinajstić information content (AvgIpc) is 3.43. The van der Waals surface area contributed by atoms with Crippen molar-refractivity contribution in [1.29, 1.82) is 0 Å². The number of rotatable bonds is 10. The maximum atomic E-state index is 14.7. The Labute approximate surface area is 218 Å². The number of likely N-dealkylation sites (tertiary alicyclic amines) is 2. The number of carbonyl (C=O) groups is 2. The first kappa shape index (κ1) is 27.0. The number of alkyl halides is 1. The molecule has 2 fully saturated rings. The molecule has 200 valence electrons. The molecule has 0 radical (unpaired) electrons. The molecule has 2 amide bonds. The Morgan fingerprint density at radius 3 is 2.35 bits per heavy atom. The van der Waals surface area contributed by atoms with Gasteiger partial charge in [0.05, 0.1) is 24.7 Å². The van der Waals surface area contributed by atoms with Crippen molar-refractivity contribution in [3.63, 3.8) is 0 Å². The standard InChI is InChI=1S/C28H38FN5O3/c1-3-28(29,4-2)19-33-14-11-20(12-15-33)18-37-25-17-31-23(16-32-25)21-7-9-22(10-8-21)27(36)34-13-5-6-24(34)26(30)35/h7-10,16-17,20,24H,3-6,11-15,18-19H2,1-2H3,(H2,30,35)/t24-/m0/s1. The Morgan fingerprint density at radius 1 is 1.05 bits per heavy atom. The summed E-state index contributed by atoms with van der Waals surface area (Å²) in [5.41, 5.74) is 6.38. The van der Waals surface area contributed by atoms with Crippen LogP contribution in [-0.2, 0) is 4.79 Å². The van der Waals surface area contributed by atoms with Gasteiger partial charge in [0, 0.05) is 24.2 Å². The van der Waals surface area contributed by atoms with Gasteiger partial charge < -0.3 is 20.3 Å². The summed E-state index contributed by atoms with van der Waals surface area (Å²) >= 11 is 0. The van der Waals surface area contributed by atoms with Gasteiger partial charge in [0.2, 0.25) is 11.8 Å². The zero-order chi connectivity index (χ0) is 26.4. The van der Waals surface area contributed by atoms with Crippen molar-refractivity contribution in [3.8, 4) is 17.1 Å². The summed E-state index contributed by atoms with van der Waals surface area (Å²) < 4.78 is 20.6. The highest BCUT2D eigenvalue weighted by Crippen LogP contribution is 2.26. The number of benzene rings is 1. The van der Waals surface area contributed by atoms with Crippen LogP contribution in [0.15, 0.2) is 36.7 Å². The third-order valence-corrected chi connectivity index (χ3v) is 7.85. The third kappa shape index (κ3) is 6.63. The highest BCUT2D eigenvalue weighted by atomic mass is 19.1. The number of aromatic nitrogens is 2. The van der Waals surface area contributed by atoms with Crippen LogP contribution >= 0.6 is 0 Å². The number of hydrogen-bond acceptors (Lipinski definition) is 6. The molecule has 1 aromatic heterocycles. The van der Waals surface area contributed by atoms with Crippen molar-refractivity contribution in [2.24, 2.45) is 11.7 Å². The van der Waals surface area contributed by atoms with Gasteiger partial charge in [-0.05, 0) is 69.7 Å². The van der Waals surface area contributed by atoms with Crippen molar-refractivity contribution in [3.05, 3.63) is 42.2 Å². The van der Waals surface area contributed by atoms with Gasteiger partial charge in [-0.1, -0.05) is 26.0 Å². The average molecular weight is 512 g/mol. The quantitative estimate of drug-likeness (QED) is 0.520. The summed E-state index contributed by atoms with van der Waals surface area (Å²) in [4.78, 5) is 37.1. The van der Waals surface area contributed by atoms with E-state index in [0.29, 0.717) is 62.0 Å². The minimum absolute atomic E-state index is 0.187. The fourth-order valence-corrected chi connectivity index (χ4v) is 5.18. The molecule has 3 heterocycles. The number of amides is 2. The van der Waals surface area contributed by atoms with E-state index < -0.39 is 17.6 Å². The number of halogens is 1. The van der Waals surface area contributed by atoms with Gasteiger partial charge in [-0.3, -0.25) is 9.59 Å². The lowest BCUT2D eigenvalue weighted by molar-refractivity contribution is -0.121. The second-order valence-corrected chi connectivity index (χ2v) is 10.3. The Kier molecular flexibility index (Phi) is 8.74. The Balaban J connectivity index is 1.26. The number of nitrogens with zero attached hydrogens (tertiary/aromatic N) is 4. The summed E-state index contributed by atoms with van der Waals surface area (Å²) in [5, 5.41) is 0. The zero-order valence-corrected chi connectivity index (χ0v) is 21.9. The van der Waals surface area contributed by atoms with Crippen LogP contribution in [0.4, 0.5) is 4.39 Å². The summed E-state index contributed by atoms with van der Waals surface area (Å²) in [6.07, 6.45) is 7.74. The largest absolute Gasteiger partial charge is 0.476 e. The molecule has 2 aliphatic rings. The van der Waals surface area contributed by atoms with Crippen LogP contribution in [0.2, 0.25) is 0 Å². The van der Waals surface area contributed by atoms with Crippen LogP contribution < -0.4 is 10.5 Å². The van der Waals surface area contributed by atoms with Crippen molar-refractivity contribution in [2.45, 2.75) is 64.1 Å². The van der Waals surface area contributed by atoms with Crippen LogP contribution in [0, 0.1) is 5.92 Å². The van der Waals surface area contributed by atoms with Gasteiger partial charge in [0.15, 0.2) is 0 Å². The number of hydrogen-bond donors (Lipinski definition) is 1. The molecule has 9 heteroatoms. The first-order valence-corrected chi connectivity index (χ1v) is 13.4. The molecule has 0 unspecified atom stereocenters. The third-order valence-electron chi connectivity index (χ3n) is 7.85. The van der Waals surface area contributed by atoms with Crippen LogP contribution in [0.25, 0.3) is 11.3 Å². The van der Waals surface area contributed by atoms with Crippen LogP contribution in [0.3, 0.4) is 0 Å². The number of nitrogens with two attached hydrogens (primary N) is 1. The van der Waals surface area contributed by atoms with E-state index in [-0.39, 0.29) is 5.91 Å². The van der Waals surface area contributed by atoms with E-state index in [2.05, 4.69) is 14.9 Å². The molecule has 4 rings (SSSR count). The van der Waals surface area contributed by atoms with E-state index in [0.717, 1.165) is 37.9 Å². The predicted molar refractivity (Wildman–Crippen MR) is 140 cm³/mol. The highest BCUT2D eigenvalue weighted by molar-refractivity contribution is 5.98. The van der Waals surface area contributed by atoms with Crippen molar-refractivity contribution in [2.75, 3.05) is 32.8 Å². The monoisotopic (exact) mass is 511 g/mol. The molecule has 0 aliphatic carbocycles. The van der Waals surface area contributed by atoms with E-state index in [1.807, 2.05) is 26.0 Å². The SMILES string of the molecule is CCC(F)(CC)CN1CCC(COc2cnc(-c3ccc(C(=O)N4CCC[C@H]4C(N)=O)cc3)cn2)CC1. The molecular formula is C28H38FN5O3. The van der Waals surface area contributed by atoms with Crippen molar-refractivity contribution in [1.82, 2.24) is 19.8 Å². The molecule has 2 aliphatic heterocycles. The molecule has 0 saturated carbocycles. The smallest absolute Gasteiger partial charge is 0.254 e. The van der Waals surface area contributed by atoms with Crippen LogP contribution in [0.1, 0.15) is 62.7 Å². The predicted octanol–water partition coefficient (Wildman–Crippen LogP) is 3.85. The minimum Gasteiger partial charge on any atom is -0.476 e. The van der Waals surface area contributed by atoms with Gasteiger partial charge in [-0.15, -0.1) is 0 Å². The Bertz CT molecular complexity index is 1050. The molecule has 37 heavy (non-hydrogen) atoms. The fourth-order valence-electron chi connectivity index (χ4n) is 5.18.